The number of rotatable bonds is 3. The van der Waals surface area contributed by atoms with Gasteiger partial charge in [-0.1, -0.05) is 30.3 Å². The van der Waals surface area contributed by atoms with E-state index in [1.807, 2.05) is 0 Å². The van der Waals surface area contributed by atoms with Gasteiger partial charge >= 0.3 is 5.38 Å². The van der Waals surface area contributed by atoms with Crippen LogP contribution in [0.4, 0.5) is 8.78 Å². The molecule has 0 aromatic heterocycles. The molecule has 72 valence electrons. The molecule has 0 aliphatic rings. The second-order valence-electron chi connectivity index (χ2n) is 2.75. The van der Waals surface area contributed by atoms with E-state index in [-0.39, 0.29) is 0 Å². The molecule has 0 aliphatic heterocycles. The van der Waals surface area contributed by atoms with Crippen molar-refractivity contribution in [1.82, 2.24) is 0 Å². The Kier molecular flexibility index (Phi) is 3.22. The van der Waals surface area contributed by atoms with Gasteiger partial charge in [0.15, 0.2) is 0 Å². The van der Waals surface area contributed by atoms with Crippen LogP contribution in [0, 0.1) is 0 Å². The van der Waals surface area contributed by atoms with Crippen LogP contribution in [0.25, 0.3) is 0 Å². The van der Waals surface area contributed by atoms with E-state index in [1.165, 1.54) is 0 Å². The van der Waals surface area contributed by atoms with Crippen molar-refractivity contribution in [2.75, 3.05) is 0 Å². The van der Waals surface area contributed by atoms with Crippen LogP contribution < -0.4 is 0 Å². The lowest BCUT2D eigenvalue weighted by atomic mass is 10.1. The summed E-state index contributed by atoms with van der Waals surface area (Å²) in [5, 5.41) is 5.94. The standard InChI is InChI=1S/C9H9ClF2O/c10-9(11,12)6-8(13)7-4-2-1-3-5-7/h1-5,8,13H,6H2. The van der Waals surface area contributed by atoms with Crippen molar-refractivity contribution in [3.05, 3.63) is 35.9 Å². The SMILES string of the molecule is OC(CC(F)(F)Cl)c1ccccc1. The normalized spacial score (nSPS) is 14.2. The summed E-state index contributed by atoms with van der Waals surface area (Å²) in [5.74, 6) is 0. The largest absolute Gasteiger partial charge is 0.388 e. The summed E-state index contributed by atoms with van der Waals surface area (Å²) in [6.45, 7) is 0. The van der Waals surface area contributed by atoms with Crippen molar-refractivity contribution in [3.8, 4) is 0 Å². The van der Waals surface area contributed by atoms with Crippen LogP contribution in [0.3, 0.4) is 0 Å². The Morgan fingerprint density at radius 2 is 1.85 bits per heavy atom. The van der Waals surface area contributed by atoms with Gasteiger partial charge in [-0.3, -0.25) is 0 Å². The summed E-state index contributed by atoms with van der Waals surface area (Å²) >= 11 is 4.68. The van der Waals surface area contributed by atoms with Crippen LogP contribution in [0.1, 0.15) is 18.1 Å². The molecule has 1 atom stereocenters. The van der Waals surface area contributed by atoms with Crippen LogP contribution in [0.2, 0.25) is 0 Å². The number of alkyl halides is 3. The first kappa shape index (κ1) is 10.4. The first-order valence-electron chi connectivity index (χ1n) is 3.79. The summed E-state index contributed by atoms with van der Waals surface area (Å²) in [7, 11) is 0. The first-order valence-corrected chi connectivity index (χ1v) is 4.16. The zero-order valence-corrected chi connectivity index (χ0v) is 7.51. The van der Waals surface area contributed by atoms with Gasteiger partial charge in [-0.05, 0) is 17.2 Å². The fourth-order valence-corrected chi connectivity index (χ4v) is 1.16. The molecule has 0 fully saturated rings. The van der Waals surface area contributed by atoms with Gasteiger partial charge in [0, 0.05) is 0 Å². The van der Waals surface area contributed by atoms with Crippen molar-refractivity contribution < 1.29 is 13.9 Å². The first-order chi connectivity index (χ1) is 5.99. The van der Waals surface area contributed by atoms with Gasteiger partial charge in [0.25, 0.3) is 0 Å². The number of aliphatic hydroxyl groups excluding tert-OH is 1. The minimum atomic E-state index is -3.35. The number of aliphatic hydroxyl groups is 1. The minimum Gasteiger partial charge on any atom is -0.388 e. The number of halogens is 3. The third-order valence-corrected chi connectivity index (χ3v) is 1.76. The second kappa shape index (κ2) is 4.03. The predicted molar refractivity (Wildman–Crippen MR) is 46.8 cm³/mol. The molecule has 0 aliphatic carbocycles. The number of benzene rings is 1. The predicted octanol–water partition coefficient (Wildman–Crippen LogP) is 2.94. The van der Waals surface area contributed by atoms with E-state index in [0.717, 1.165) is 0 Å². The molecule has 13 heavy (non-hydrogen) atoms. The molecule has 0 saturated carbocycles. The van der Waals surface area contributed by atoms with Gasteiger partial charge in [-0.15, -0.1) is 0 Å². The van der Waals surface area contributed by atoms with Crippen LogP contribution in [-0.4, -0.2) is 10.5 Å². The van der Waals surface area contributed by atoms with E-state index in [9.17, 15) is 13.9 Å². The Bertz CT molecular complexity index is 258. The van der Waals surface area contributed by atoms with Crippen molar-refractivity contribution in [2.24, 2.45) is 0 Å². The highest BCUT2D eigenvalue weighted by atomic mass is 35.5. The Labute approximate surface area is 80.0 Å². The lowest BCUT2D eigenvalue weighted by Gasteiger charge is -2.13. The Balaban J connectivity index is 2.64. The van der Waals surface area contributed by atoms with Gasteiger partial charge in [0.2, 0.25) is 0 Å². The molecule has 0 amide bonds. The third-order valence-electron chi connectivity index (χ3n) is 1.61. The molecule has 1 nitrogen and oxygen atoms in total. The molecular weight excluding hydrogens is 198 g/mol. The lowest BCUT2D eigenvalue weighted by molar-refractivity contribution is 0.0268. The Hall–Kier alpha value is -0.670. The molecule has 0 spiro atoms. The average molecular weight is 207 g/mol. The van der Waals surface area contributed by atoms with Crippen LogP contribution in [0.5, 0.6) is 0 Å². The quantitative estimate of drug-likeness (QED) is 0.754. The zero-order chi connectivity index (χ0) is 9.90. The average Bonchev–Trinajstić information content (AvgIpc) is 2.03. The van der Waals surface area contributed by atoms with Gasteiger partial charge < -0.3 is 5.11 Å². The van der Waals surface area contributed by atoms with Crippen molar-refractivity contribution >= 4 is 11.6 Å². The molecule has 1 aromatic rings. The van der Waals surface area contributed by atoms with E-state index >= 15 is 0 Å². The molecular formula is C9H9ClF2O. The topological polar surface area (TPSA) is 20.2 Å². The third kappa shape index (κ3) is 3.70. The fraction of sp³-hybridized carbons (Fsp3) is 0.333. The van der Waals surface area contributed by atoms with E-state index in [0.29, 0.717) is 5.56 Å². The molecule has 4 heteroatoms. The smallest absolute Gasteiger partial charge is 0.324 e. The fourth-order valence-electron chi connectivity index (χ4n) is 1.01. The molecule has 0 heterocycles. The van der Waals surface area contributed by atoms with E-state index in [4.69, 9.17) is 0 Å². The maximum Gasteiger partial charge on any atom is 0.324 e. The maximum atomic E-state index is 12.3. The summed E-state index contributed by atoms with van der Waals surface area (Å²) in [5.41, 5.74) is 0.447. The second-order valence-corrected chi connectivity index (χ2v) is 3.30. The molecule has 0 radical (unpaired) electrons. The van der Waals surface area contributed by atoms with Crippen molar-refractivity contribution in [2.45, 2.75) is 17.9 Å². The Morgan fingerprint density at radius 1 is 1.31 bits per heavy atom. The Morgan fingerprint density at radius 3 is 2.31 bits per heavy atom. The van der Waals surface area contributed by atoms with Gasteiger partial charge in [-0.2, -0.15) is 8.78 Å². The zero-order valence-electron chi connectivity index (χ0n) is 6.75. The van der Waals surface area contributed by atoms with Crippen LogP contribution >= 0.6 is 11.6 Å². The van der Waals surface area contributed by atoms with Gasteiger partial charge in [0.1, 0.15) is 0 Å². The summed E-state index contributed by atoms with van der Waals surface area (Å²) < 4.78 is 24.5. The lowest BCUT2D eigenvalue weighted by Crippen LogP contribution is -2.12. The highest BCUT2D eigenvalue weighted by Crippen LogP contribution is 2.31. The molecule has 0 bridgehead atoms. The summed E-state index contributed by atoms with van der Waals surface area (Å²) in [6.07, 6.45) is -1.98. The molecule has 1 aromatic carbocycles. The molecule has 1 N–H and O–H groups in total. The van der Waals surface area contributed by atoms with Crippen LogP contribution in [-0.2, 0) is 0 Å². The molecule has 1 unspecified atom stereocenters. The van der Waals surface area contributed by atoms with Crippen LogP contribution in [0.15, 0.2) is 30.3 Å². The van der Waals surface area contributed by atoms with E-state index in [2.05, 4.69) is 11.6 Å². The number of hydrogen-bond acceptors (Lipinski definition) is 1. The summed E-state index contributed by atoms with van der Waals surface area (Å²) in [6, 6.07) is 8.24. The molecule has 1 rings (SSSR count). The maximum absolute atomic E-state index is 12.3. The van der Waals surface area contributed by atoms with Crippen molar-refractivity contribution in [1.29, 1.82) is 0 Å². The minimum absolute atomic E-state index is 0.447. The summed E-state index contributed by atoms with van der Waals surface area (Å²) in [4.78, 5) is 0. The monoisotopic (exact) mass is 206 g/mol. The number of hydrogen-bond donors (Lipinski definition) is 1. The van der Waals surface area contributed by atoms with E-state index < -0.39 is 17.9 Å². The van der Waals surface area contributed by atoms with Crippen molar-refractivity contribution in [3.63, 3.8) is 0 Å². The molecule has 0 saturated heterocycles. The van der Waals surface area contributed by atoms with E-state index in [1.54, 1.807) is 30.3 Å². The highest BCUT2D eigenvalue weighted by molar-refractivity contribution is 6.21. The van der Waals surface area contributed by atoms with Gasteiger partial charge in [-0.25, -0.2) is 0 Å². The van der Waals surface area contributed by atoms with Gasteiger partial charge in [0.05, 0.1) is 12.5 Å². The highest BCUT2D eigenvalue weighted by Gasteiger charge is 2.29.